The molecule has 0 atom stereocenters. The van der Waals surface area contributed by atoms with Crippen LogP contribution in [-0.2, 0) is 11.3 Å². The van der Waals surface area contributed by atoms with Gasteiger partial charge in [-0.25, -0.2) is 22.0 Å². The molecule has 1 amide bonds. The van der Waals surface area contributed by atoms with Crippen molar-refractivity contribution in [2.75, 3.05) is 5.32 Å². The number of halogens is 5. The highest BCUT2D eigenvalue weighted by molar-refractivity contribution is 6.02. The maximum atomic E-state index is 13.5. The van der Waals surface area contributed by atoms with Gasteiger partial charge in [0.2, 0.25) is 5.82 Å². The van der Waals surface area contributed by atoms with Crippen molar-refractivity contribution in [3.63, 3.8) is 0 Å². The van der Waals surface area contributed by atoms with Gasteiger partial charge in [0.15, 0.2) is 29.0 Å². The lowest BCUT2D eigenvalue weighted by atomic mass is 10.2. The van der Waals surface area contributed by atoms with E-state index < -0.39 is 52.3 Å². The Bertz CT molecular complexity index is 792. The summed E-state index contributed by atoms with van der Waals surface area (Å²) < 4.78 is 67.0. The second kappa shape index (κ2) is 6.64. The molecule has 0 saturated heterocycles. The summed E-state index contributed by atoms with van der Waals surface area (Å²) in [6.07, 6.45) is 0.927. The lowest BCUT2D eigenvalue weighted by Gasteiger charge is -2.08. The number of aliphatic carboxylic acids is 1. The molecule has 0 aliphatic rings. The molecule has 0 aliphatic heterocycles. The molecule has 0 unspecified atom stereocenters. The van der Waals surface area contributed by atoms with Gasteiger partial charge in [-0.3, -0.25) is 14.3 Å². The molecule has 0 bridgehead atoms. The smallest absolute Gasteiger partial charge is 0.305 e. The summed E-state index contributed by atoms with van der Waals surface area (Å²) >= 11 is 0. The van der Waals surface area contributed by atoms with E-state index >= 15 is 0 Å². The van der Waals surface area contributed by atoms with Gasteiger partial charge < -0.3 is 10.4 Å². The van der Waals surface area contributed by atoms with E-state index in [1.807, 2.05) is 0 Å². The van der Waals surface area contributed by atoms with E-state index in [-0.39, 0.29) is 13.0 Å². The number of benzene rings is 1. The maximum Gasteiger partial charge on any atom is 0.305 e. The molecule has 128 valence electrons. The summed E-state index contributed by atoms with van der Waals surface area (Å²) in [4.78, 5) is 22.2. The molecule has 1 heterocycles. The lowest BCUT2D eigenvalue weighted by Crippen LogP contribution is -2.18. The van der Waals surface area contributed by atoms with Gasteiger partial charge in [0.05, 0.1) is 13.0 Å². The molecular weight excluding hydrogens is 341 g/mol. The zero-order chi connectivity index (χ0) is 18.0. The highest BCUT2D eigenvalue weighted by Crippen LogP contribution is 2.27. The fourth-order valence-electron chi connectivity index (χ4n) is 1.71. The quantitative estimate of drug-likeness (QED) is 0.493. The number of aryl methyl sites for hydroxylation is 1. The van der Waals surface area contributed by atoms with Crippen LogP contribution in [0.2, 0.25) is 0 Å². The van der Waals surface area contributed by atoms with Crippen LogP contribution in [0.25, 0.3) is 0 Å². The molecule has 0 aliphatic carbocycles. The minimum absolute atomic E-state index is 0.0782. The van der Waals surface area contributed by atoms with Crippen LogP contribution < -0.4 is 5.32 Å². The van der Waals surface area contributed by atoms with Crippen molar-refractivity contribution in [3.8, 4) is 0 Å². The van der Waals surface area contributed by atoms with Gasteiger partial charge in [-0.05, 0) is 6.07 Å². The molecule has 6 nitrogen and oxygen atoms in total. The van der Waals surface area contributed by atoms with Gasteiger partial charge in [-0.15, -0.1) is 0 Å². The van der Waals surface area contributed by atoms with E-state index in [0.29, 0.717) is 0 Å². The first-order valence-corrected chi connectivity index (χ1v) is 6.30. The zero-order valence-corrected chi connectivity index (χ0v) is 11.6. The highest BCUT2D eigenvalue weighted by atomic mass is 19.2. The lowest BCUT2D eigenvalue weighted by molar-refractivity contribution is -0.137. The van der Waals surface area contributed by atoms with Crippen molar-refractivity contribution >= 4 is 17.6 Å². The highest BCUT2D eigenvalue weighted by Gasteiger charge is 2.27. The molecule has 2 rings (SSSR count). The Kier molecular flexibility index (Phi) is 4.81. The van der Waals surface area contributed by atoms with Crippen LogP contribution in [0.3, 0.4) is 0 Å². The van der Waals surface area contributed by atoms with Crippen LogP contribution in [0, 0.1) is 29.1 Å². The number of carboxylic acids is 1. The number of nitrogens with one attached hydrogen (secondary N) is 1. The van der Waals surface area contributed by atoms with E-state index in [1.165, 1.54) is 6.20 Å². The van der Waals surface area contributed by atoms with E-state index in [0.717, 1.165) is 10.7 Å². The topological polar surface area (TPSA) is 84.2 Å². The number of anilines is 1. The number of carbonyl (C=O) groups is 2. The summed E-state index contributed by atoms with van der Waals surface area (Å²) in [6.45, 7) is -0.0782. The molecule has 0 radical (unpaired) electrons. The molecule has 11 heteroatoms. The Morgan fingerprint density at radius 2 is 1.58 bits per heavy atom. The number of hydrogen-bond donors (Lipinski definition) is 2. The molecule has 0 saturated carbocycles. The van der Waals surface area contributed by atoms with Crippen molar-refractivity contribution in [1.29, 1.82) is 0 Å². The van der Waals surface area contributed by atoms with Gasteiger partial charge in [-0.2, -0.15) is 5.10 Å². The molecule has 0 spiro atoms. The third-order valence-corrected chi connectivity index (χ3v) is 2.88. The summed E-state index contributed by atoms with van der Waals surface area (Å²) in [5.41, 5.74) is -1.90. The predicted molar refractivity (Wildman–Crippen MR) is 68.7 cm³/mol. The average molecular weight is 349 g/mol. The summed E-state index contributed by atoms with van der Waals surface area (Å²) in [7, 11) is 0. The Labute approximate surface area is 130 Å². The SMILES string of the molecule is O=C(O)CCn1ccc(C(=O)Nc2c(F)c(F)c(F)c(F)c2F)n1. The number of aromatic nitrogens is 2. The van der Waals surface area contributed by atoms with Crippen LogP contribution in [0.5, 0.6) is 0 Å². The van der Waals surface area contributed by atoms with Crippen LogP contribution in [-0.4, -0.2) is 26.8 Å². The number of carbonyl (C=O) groups excluding carboxylic acids is 1. The summed E-state index contributed by atoms with van der Waals surface area (Å²) in [6, 6.07) is 1.09. The number of carboxylic acid groups (broad SMARTS) is 1. The largest absolute Gasteiger partial charge is 0.481 e. The summed E-state index contributed by atoms with van der Waals surface area (Å²) in [5, 5.41) is 13.7. The van der Waals surface area contributed by atoms with Gasteiger partial charge in [0, 0.05) is 6.20 Å². The fraction of sp³-hybridized carbons (Fsp3) is 0.154. The van der Waals surface area contributed by atoms with Crippen molar-refractivity contribution in [1.82, 2.24) is 9.78 Å². The molecule has 1 aromatic heterocycles. The number of hydrogen-bond acceptors (Lipinski definition) is 3. The summed E-state index contributed by atoms with van der Waals surface area (Å²) in [5.74, 6) is -13.5. The van der Waals surface area contributed by atoms with Gasteiger partial charge >= 0.3 is 5.97 Å². The van der Waals surface area contributed by atoms with Gasteiger partial charge in [0.25, 0.3) is 5.91 Å². The predicted octanol–water partition coefficient (Wildman–Crippen LogP) is 2.31. The van der Waals surface area contributed by atoms with Crippen LogP contribution >= 0.6 is 0 Å². The van der Waals surface area contributed by atoms with Crippen LogP contribution in [0.4, 0.5) is 27.6 Å². The van der Waals surface area contributed by atoms with Crippen molar-refractivity contribution in [3.05, 3.63) is 47.0 Å². The molecule has 24 heavy (non-hydrogen) atoms. The van der Waals surface area contributed by atoms with Crippen LogP contribution in [0.15, 0.2) is 12.3 Å². The Morgan fingerprint density at radius 3 is 2.12 bits per heavy atom. The number of nitrogens with zero attached hydrogens (tertiary/aromatic N) is 2. The van der Waals surface area contributed by atoms with Gasteiger partial charge in [0.1, 0.15) is 5.69 Å². The fourth-order valence-corrected chi connectivity index (χ4v) is 1.71. The van der Waals surface area contributed by atoms with E-state index in [9.17, 15) is 31.5 Å². The normalized spacial score (nSPS) is 10.7. The molecule has 2 aromatic rings. The number of amides is 1. The van der Waals surface area contributed by atoms with Crippen molar-refractivity contribution in [2.24, 2.45) is 0 Å². The Hall–Kier alpha value is -2.98. The third kappa shape index (κ3) is 3.34. The minimum Gasteiger partial charge on any atom is -0.481 e. The maximum absolute atomic E-state index is 13.5. The van der Waals surface area contributed by atoms with Crippen molar-refractivity contribution in [2.45, 2.75) is 13.0 Å². The Balaban J connectivity index is 2.23. The van der Waals surface area contributed by atoms with Gasteiger partial charge in [-0.1, -0.05) is 0 Å². The zero-order valence-electron chi connectivity index (χ0n) is 11.6. The minimum atomic E-state index is -2.35. The second-order valence-electron chi connectivity index (χ2n) is 4.51. The monoisotopic (exact) mass is 349 g/mol. The van der Waals surface area contributed by atoms with E-state index in [1.54, 1.807) is 5.32 Å². The number of rotatable bonds is 5. The van der Waals surface area contributed by atoms with Crippen LogP contribution in [0.1, 0.15) is 16.9 Å². The first kappa shape index (κ1) is 17.4. The molecule has 1 aromatic carbocycles. The molecule has 0 fully saturated rings. The Morgan fingerprint density at radius 1 is 1.04 bits per heavy atom. The third-order valence-electron chi connectivity index (χ3n) is 2.88. The molecule has 2 N–H and O–H groups in total. The first-order chi connectivity index (χ1) is 11.2. The molecular formula is C13H8F5N3O3. The average Bonchev–Trinajstić information content (AvgIpc) is 3.02. The second-order valence-corrected chi connectivity index (χ2v) is 4.51. The van der Waals surface area contributed by atoms with E-state index in [2.05, 4.69) is 5.10 Å². The van der Waals surface area contributed by atoms with Crippen molar-refractivity contribution < 1.29 is 36.6 Å². The van der Waals surface area contributed by atoms with E-state index in [4.69, 9.17) is 5.11 Å². The first-order valence-electron chi connectivity index (χ1n) is 6.30. The standard InChI is InChI=1S/C13H8F5N3O3/c14-7-8(15)10(17)12(11(18)9(7)16)19-13(24)5-1-3-21(20-5)4-2-6(22)23/h1,3H,2,4H2,(H,19,24)(H,22,23).